The first kappa shape index (κ1) is 21.3. The Hall–Kier alpha value is -2.44. The van der Waals surface area contributed by atoms with Gasteiger partial charge in [-0.2, -0.15) is 0 Å². The van der Waals surface area contributed by atoms with Gasteiger partial charge in [-0.05, 0) is 43.7 Å². The summed E-state index contributed by atoms with van der Waals surface area (Å²) in [5.41, 5.74) is 2.27. The topological polar surface area (TPSA) is 52.2 Å². The summed E-state index contributed by atoms with van der Waals surface area (Å²) in [5, 5.41) is 3.44. The van der Waals surface area contributed by atoms with Gasteiger partial charge >= 0.3 is 0 Å². The fourth-order valence-corrected chi connectivity index (χ4v) is 3.81. The second kappa shape index (κ2) is 10.4. The van der Waals surface area contributed by atoms with E-state index in [1.165, 1.54) is 0 Å². The van der Waals surface area contributed by atoms with E-state index < -0.39 is 0 Å². The molecule has 0 saturated carbocycles. The molecule has 0 spiro atoms. The van der Waals surface area contributed by atoms with Crippen molar-refractivity contribution in [3.05, 3.63) is 47.5 Å². The summed E-state index contributed by atoms with van der Waals surface area (Å²) < 4.78 is 22.8. The van der Waals surface area contributed by atoms with Crippen LogP contribution < -0.4 is 24.3 Å². The largest absolute Gasteiger partial charge is 0.497 e. The van der Waals surface area contributed by atoms with Gasteiger partial charge in [0.05, 0.1) is 33.5 Å². The minimum Gasteiger partial charge on any atom is -0.497 e. The Morgan fingerprint density at radius 1 is 0.862 bits per heavy atom. The average molecular weight is 401 g/mol. The Bertz CT molecular complexity index is 790. The van der Waals surface area contributed by atoms with Gasteiger partial charge in [0, 0.05) is 37.8 Å². The summed E-state index contributed by atoms with van der Waals surface area (Å²) in [4.78, 5) is 2.48. The molecule has 1 N–H and O–H groups in total. The van der Waals surface area contributed by atoms with Crippen molar-refractivity contribution < 1.29 is 18.9 Å². The van der Waals surface area contributed by atoms with Crippen LogP contribution in [0.25, 0.3) is 0 Å². The predicted octanol–water partition coefficient (Wildman–Crippen LogP) is 3.50. The van der Waals surface area contributed by atoms with E-state index in [1.54, 1.807) is 14.2 Å². The zero-order valence-corrected chi connectivity index (χ0v) is 17.9. The van der Waals surface area contributed by atoms with E-state index in [0.29, 0.717) is 13.2 Å². The molecule has 1 unspecified atom stereocenters. The highest BCUT2D eigenvalue weighted by Gasteiger charge is 2.27. The molecule has 1 saturated heterocycles. The van der Waals surface area contributed by atoms with Gasteiger partial charge < -0.3 is 24.3 Å². The van der Waals surface area contributed by atoms with Crippen LogP contribution in [0.4, 0.5) is 0 Å². The molecule has 6 nitrogen and oxygen atoms in total. The summed E-state index contributed by atoms with van der Waals surface area (Å²) in [7, 11) is 3.37. The van der Waals surface area contributed by atoms with Gasteiger partial charge in [-0.3, -0.25) is 4.90 Å². The lowest BCUT2D eigenvalue weighted by Crippen LogP contribution is -2.45. The Labute approximate surface area is 173 Å². The lowest BCUT2D eigenvalue weighted by Gasteiger charge is -2.36. The van der Waals surface area contributed by atoms with Crippen molar-refractivity contribution in [1.29, 1.82) is 0 Å². The second-order valence-corrected chi connectivity index (χ2v) is 6.87. The SMILES string of the molecule is CCOc1ccc(C(c2ccc(OC)cc2OC)N2CCNCC2)cc1OCC. The summed E-state index contributed by atoms with van der Waals surface area (Å²) in [6, 6.07) is 12.3. The van der Waals surface area contributed by atoms with Gasteiger partial charge in [0.2, 0.25) is 0 Å². The third-order valence-corrected chi connectivity index (χ3v) is 5.14. The summed E-state index contributed by atoms with van der Waals surface area (Å²) in [6.45, 7) is 9.00. The molecule has 0 radical (unpaired) electrons. The fraction of sp³-hybridized carbons (Fsp3) is 0.478. The minimum absolute atomic E-state index is 0.0489. The first-order valence-corrected chi connectivity index (χ1v) is 10.3. The molecule has 2 aromatic carbocycles. The van der Waals surface area contributed by atoms with E-state index in [9.17, 15) is 0 Å². The first-order chi connectivity index (χ1) is 14.2. The first-order valence-electron chi connectivity index (χ1n) is 10.3. The van der Waals surface area contributed by atoms with E-state index in [-0.39, 0.29) is 6.04 Å². The van der Waals surface area contributed by atoms with E-state index >= 15 is 0 Å². The van der Waals surface area contributed by atoms with Crippen molar-refractivity contribution >= 4 is 0 Å². The number of ether oxygens (including phenoxy) is 4. The van der Waals surface area contributed by atoms with Crippen LogP contribution in [-0.2, 0) is 0 Å². The highest BCUT2D eigenvalue weighted by molar-refractivity contribution is 5.50. The fourth-order valence-electron chi connectivity index (χ4n) is 3.81. The van der Waals surface area contributed by atoms with Gasteiger partial charge in [0.15, 0.2) is 11.5 Å². The molecule has 158 valence electrons. The molecular weight excluding hydrogens is 368 g/mol. The van der Waals surface area contributed by atoms with Gasteiger partial charge in [-0.15, -0.1) is 0 Å². The molecule has 1 atom stereocenters. The molecule has 6 heteroatoms. The number of rotatable bonds is 9. The van der Waals surface area contributed by atoms with E-state index in [2.05, 4.69) is 28.4 Å². The van der Waals surface area contributed by atoms with E-state index in [4.69, 9.17) is 18.9 Å². The van der Waals surface area contributed by atoms with Crippen molar-refractivity contribution in [2.24, 2.45) is 0 Å². The molecule has 3 rings (SSSR count). The standard InChI is InChI=1S/C23H32N2O4/c1-5-28-20-10-7-17(15-22(20)29-6-2)23(25-13-11-24-12-14-25)19-9-8-18(26-3)16-21(19)27-4/h7-10,15-16,23-24H,5-6,11-14H2,1-4H3. The van der Waals surface area contributed by atoms with Gasteiger partial charge in [-0.1, -0.05) is 6.07 Å². The molecular formula is C23H32N2O4. The molecule has 0 aliphatic carbocycles. The lowest BCUT2D eigenvalue weighted by atomic mass is 9.95. The van der Waals surface area contributed by atoms with Crippen molar-refractivity contribution in [3.8, 4) is 23.0 Å². The van der Waals surface area contributed by atoms with Crippen LogP contribution in [0.15, 0.2) is 36.4 Å². The number of benzene rings is 2. The number of hydrogen-bond acceptors (Lipinski definition) is 6. The van der Waals surface area contributed by atoms with Crippen LogP contribution >= 0.6 is 0 Å². The molecule has 0 amide bonds. The molecule has 1 heterocycles. The lowest BCUT2D eigenvalue weighted by molar-refractivity contribution is 0.194. The van der Waals surface area contributed by atoms with Gasteiger partial charge in [0.25, 0.3) is 0 Å². The minimum atomic E-state index is 0.0489. The van der Waals surface area contributed by atoms with Crippen molar-refractivity contribution in [1.82, 2.24) is 10.2 Å². The zero-order valence-electron chi connectivity index (χ0n) is 17.9. The molecule has 1 fully saturated rings. The van der Waals surface area contributed by atoms with Crippen LogP contribution in [-0.4, -0.2) is 58.5 Å². The quantitative estimate of drug-likeness (QED) is 0.695. The predicted molar refractivity (Wildman–Crippen MR) is 115 cm³/mol. The summed E-state index contributed by atoms with van der Waals surface area (Å²) >= 11 is 0. The summed E-state index contributed by atoms with van der Waals surface area (Å²) in [6.07, 6.45) is 0. The maximum atomic E-state index is 5.89. The molecule has 0 bridgehead atoms. The van der Waals surface area contributed by atoms with Crippen molar-refractivity contribution in [3.63, 3.8) is 0 Å². The Morgan fingerprint density at radius 2 is 1.59 bits per heavy atom. The van der Waals surface area contributed by atoms with Crippen LogP contribution in [0.5, 0.6) is 23.0 Å². The molecule has 29 heavy (non-hydrogen) atoms. The van der Waals surface area contributed by atoms with Crippen molar-refractivity contribution in [2.75, 3.05) is 53.6 Å². The third kappa shape index (κ3) is 4.95. The third-order valence-electron chi connectivity index (χ3n) is 5.14. The number of nitrogens with zero attached hydrogens (tertiary/aromatic N) is 1. The van der Waals surface area contributed by atoms with Crippen molar-refractivity contribution in [2.45, 2.75) is 19.9 Å². The number of nitrogens with one attached hydrogen (secondary N) is 1. The Kier molecular flexibility index (Phi) is 7.61. The molecule has 1 aliphatic rings. The number of methoxy groups -OCH3 is 2. The van der Waals surface area contributed by atoms with E-state index in [1.807, 2.05) is 32.0 Å². The monoisotopic (exact) mass is 400 g/mol. The van der Waals surface area contributed by atoms with Crippen LogP contribution in [0.1, 0.15) is 31.0 Å². The zero-order chi connectivity index (χ0) is 20.6. The van der Waals surface area contributed by atoms with Gasteiger partial charge in [-0.25, -0.2) is 0 Å². The Balaban J connectivity index is 2.08. The molecule has 0 aromatic heterocycles. The maximum Gasteiger partial charge on any atom is 0.161 e. The maximum absolute atomic E-state index is 5.89. The Morgan fingerprint density at radius 3 is 2.24 bits per heavy atom. The van der Waals surface area contributed by atoms with Crippen LogP contribution in [0.3, 0.4) is 0 Å². The summed E-state index contributed by atoms with van der Waals surface area (Å²) in [5.74, 6) is 3.16. The average Bonchev–Trinajstić information content (AvgIpc) is 2.77. The molecule has 2 aromatic rings. The normalized spacial score (nSPS) is 15.6. The second-order valence-electron chi connectivity index (χ2n) is 6.87. The number of piperazine rings is 1. The molecule has 1 aliphatic heterocycles. The number of hydrogen-bond donors (Lipinski definition) is 1. The van der Waals surface area contributed by atoms with E-state index in [0.717, 1.165) is 60.3 Å². The van der Waals surface area contributed by atoms with Crippen LogP contribution in [0, 0.1) is 0 Å². The van der Waals surface area contributed by atoms with Crippen LogP contribution in [0.2, 0.25) is 0 Å². The highest BCUT2D eigenvalue weighted by atomic mass is 16.5. The smallest absolute Gasteiger partial charge is 0.161 e. The highest BCUT2D eigenvalue weighted by Crippen LogP contribution is 2.40. The van der Waals surface area contributed by atoms with Gasteiger partial charge in [0.1, 0.15) is 11.5 Å².